The number of carbonyl (C=O) groups is 2. The summed E-state index contributed by atoms with van der Waals surface area (Å²) in [5, 5.41) is 9.10. The van der Waals surface area contributed by atoms with Crippen molar-refractivity contribution < 1.29 is 23.6 Å². The van der Waals surface area contributed by atoms with Crippen molar-refractivity contribution in [3.63, 3.8) is 0 Å². The summed E-state index contributed by atoms with van der Waals surface area (Å²) in [7, 11) is 0. The third-order valence-corrected chi connectivity index (χ3v) is 3.44. The lowest BCUT2D eigenvalue weighted by atomic mass is 10.1. The van der Waals surface area contributed by atoms with Crippen molar-refractivity contribution >= 4 is 17.7 Å². The minimum Gasteiger partial charge on any atom is -0.489 e. The zero-order chi connectivity index (χ0) is 18.9. The third kappa shape index (κ3) is 4.11. The maximum absolute atomic E-state index is 12.4. The van der Waals surface area contributed by atoms with E-state index in [0.29, 0.717) is 28.7 Å². The molecule has 9 nitrogen and oxygen atoms in total. The number of aromatic nitrogens is 2. The van der Waals surface area contributed by atoms with Crippen LogP contribution in [-0.4, -0.2) is 40.4 Å². The van der Waals surface area contributed by atoms with Crippen LogP contribution in [0.3, 0.4) is 0 Å². The van der Waals surface area contributed by atoms with Crippen molar-refractivity contribution in [2.24, 2.45) is 0 Å². The summed E-state index contributed by atoms with van der Waals surface area (Å²) in [5.41, 5.74) is 0.471. The van der Waals surface area contributed by atoms with Crippen LogP contribution in [0.15, 0.2) is 22.7 Å². The molecule has 0 saturated heterocycles. The number of anilines is 1. The summed E-state index contributed by atoms with van der Waals surface area (Å²) in [6.45, 7) is 6.91. The molecule has 0 saturated carbocycles. The number of alkyl carbamates (subject to hydrolysis) is 1. The minimum atomic E-state index is -0.881. The molecule has 0 fully saturated rings. The predicted octanol–water partition coefficient (Wildman–Crippen LogP) is 2.27. The molecule has 9 heteroatoms. The quantitative estimate of drug-likeness (QED) is 0.844. The lowest BCUT2D eigenvalue weighted by Crippen LogP contribution is -2.48. The molecule has 2 heterocycles. The normalized spacial score (nSPS) is 16.8. The molecule has 0 radical (unpaired) electrons. The van der Waals surface area contributed by atoms with Gasteiger partial charge in [0.15, 0.2) is 0 Å². The Bertz CT molecular complexity index is 840. The van der Waals surface area contributed by atoms with Gasteiger partial charge in [-0.25, -0.2) is 4.79 Å². The second kappa shape index (κ2) is 6.66. The molecule has 2 amide bonds. The molecule has 0 spiro atoms. The van der Waals surface area contributed by atoms with E-state index in [9.17, 15) is 9.59 Å². The van der Waals surface area contributed by atoms with Gasteiger partial charge < -0.3 is 24.6 Å². The molecule has 138 valence electrons. The average Bonchev–Trinajstić information content (AvgIpc) is 2.90. The van der Waals surface area contributed by atoms with Gasteiger partial charge in [0.1, 0.15) is 24.0 Å². The van der Waals surface area contributed by atoms with Crippen LogP contribution in [0, 0.1) is 6.92 Å². The van der Waals surface area contributed by atoms with Crippen molar-refractivity contribution in [1.82, 2.24) is 15.5 Å². The number of hydrogen-bond donors (Lipinski definition) is 2. The van der Waals surface area contributed by atoms with Crippen LogP contribution in [0.1, 0.15) is 26.7 Å². The lowest BCUT2D eigenvalue weighted by molar-refractivity contribution is -0.118. The van der Waals surface area contributed by atoms with E-state index >= 15 is 0 Å². The van der Waals surface area contributed by atoms with Gasteiger partial charge >= 0.3 is 6.09 Å². The highest BCUT2D eigenvalue weighted by Gasteiger charge is 2.28. The Hall–Kier alpha value is -3.10. The predicted molar refractivity (Wildman–Crippen MR) is 91.8 cm³/mol. The van der Waals surface area contributed by atoms with Crippen LogP contribution in [0.4, 0.5) is 10.5 Å². The Morgan fingerprint density at radius 2 is 2.15 bits per heavy atom. The number of hydrogen-bond acceptors (Lipinski definition) is 7. The molecule has 26 heavy (non-hydrogen) atoms. The Morgan fingerprint density at radius 1 is 1.38 bits per heavy atom. The SMILES string of the molecule is Cc1nc(-c2ccc3c(c2)NC(=O)[C@@H](NC(=O)OC(C)(C)C)CO3)no1. The van der Waals surface area contributed by atoms with E-state index in [1.165, 1.54) is 0 Å². The van der Waals surface area contributed by atoms with Crippen molar-refractivity contribution in [2.75, 3.05) is 11.9 Å². The first-order valence-corrected chi connectivity index (χ1v) is 8.09. The number of nitrogens with one attached hydrogen (secondary N) is 2. The molecular weight excluding hydrogens is 340 g/mol. The Labute approximate surface area is 150 Å². The number of benzene rings is 1. The van der Waals surface area contributed by atoms with Gasteiger partial charge in [0.2, 0.25) is 11.7 Å². The van der Waals surface area contributed by atoms with Crippen LogP contribution < -0.4 is 15.4 Å². The highest BCUT2D eigenvalue weighted by atomic mass is 16.6. The van der Waals surface area contributed by atoms with Gasteiger partial charge in [0.25, 0.3) is 5.91 Å². The van der Waals surface area contributed by atoms with E-state index < -0.39 is 23.6 Å². The molecular formula is C17H20N4O5. The number of ether oxygens (including phenoxy) is 2. The Morgan fingerprint density at radius 3 is 2.81 bits per heavy atom. The Balaban J connectivity index is 1.74. The van der Waals surface area contributed by atoms with Crippen molar-refractivity contribution in [3.8, 4) is 17.1 Å². The molecule has 2 N–H and O–H groups in total. The number of amides is 2. The average molecular weight is 360 g/mol. The number of fused-ring (bicyclic) bond motifs is 1. The van der Waals surface area contributed by atoms with Crippen molar-refractivity contribution in [3.05, 3.63) is 24.1 Å². The first-order chi connectivity index (χ1) is 12.2. The molecule has 3 rings (SSSR count). The second-order valence-corrected chi connectivity index (χ2v) is 6.85. The summed E-state index contributed by atoms with van der Waals surface area (Å²) < 4.78 is 15.8. The van der Waals surface area contributed by atoms with Gasteiger partial charge in [-0.1, -0.05) is 5.16 Å². The van der Waals surface area contributed by atoms with Crippen molar-refractivity contribution in [2.45, 2.75) is 39.3 Å². The van der Waals surface area contributed by atoms with Crippen molar-refractivity contribution in [1.29, 1.82) is 0 Å². The molecule has 1 aliphatic heterocycles. The largest absolute Gasteiger partial charge is 0.489 e. The summed E-state index contributed by atoms with van der Waals surface area (Å²) in [5.74, 6) is 0.927. The molecule has 1 atom stereocenters. The zero-order valence-electron chi connectivity index (χ0n) is 15.0. The molecule has 0 unspecified atom stereocenters. The van der Waals surface area contributed by atoms with E-state index in [2.05, 4.69) is 20.8 Å². The summed E-state index contributed by atoms with van der Waals surface area (Å²) >= 11 is 0. The van der Waals surface area contributed by atoms with Gasteiger partial charge in [-0.3, -0.25) is 4.79 Å². The molecule has 0 bridgehead atoms. The highest BCUT2D eigenvalue weighted by molar-refractivity contribution is 5.99. The summed E-state index contributed by atoms with van der Waals surface area (Å²) in [6.07, 6.45) is -0.685. The lowest BCUT2D eigenvalue weighted by Gasteiger charge is -2.22. The fraction of sp³-hybridized carbons (Fsp3) is 0.412. The van der Waals surface area contributed by atoms with Crippen LogP contribution in [0.2, 0.25) is 0 Å². The molecule has 1 aliphatic rings. The third-order valence-electron chi connectivity index (χ3n) is 3.44. The summed E-state index contributed by atoms with van der Waals surface area (Å²) in [4.78, 5) is 28.5. The molecule has 1 aromatic heterocycles. The number of nitrogens with zero attached hydrogens (tertiary/aromatic N) is 2. The maximum atomic E-state index is 12.4. The first-order valence-electron chi connectivity index (χ1n) is 8.09. The molecule has 1 aromatic carbocycles. The van der Waals surface area contributed by atoms with E-state index in [-0.39, 0.29) is 6.61 Å². The monoisotopic (exact) mass is 360 g/mol. The smallest absolute Gasteiger partial charge is 0.408 e. The topological polar surface area (TPSA) is 116 Å². The van der Waals surface area contributed by atoms with E-state index in [4.69, 9.17) is 14.0 Å². The van der Waals surface area contributed by atoms with Crippen LogP contribution in [0.5, 0.6) is 5.75 Å². The van der Waals surface area contributed by atoms with E-state index in [1.807, 2.05) is 0 Å². The van der Waals surface area contributed by atoms with Gasteiger partial charge in [0, 0.05) is 12.5 Å². The number of aryl methyl sites for hydroxylation is 1. The zero-order valence-corrected chi connectivity index (χ0v) is 15.0. The maximum Gasteiger partial charge on any atom is 0.408 e. The number of carbonyl (C=O) groups excluding carboxylic acids is 2. The van der Waals surface area contributed by atoms with E-state index in [1.54, 1.807) is 45.9 Å². The molecule has 2 aromatic rings. The fourth-order valence-electron chi connectivity index (χ4n) is 2.33. The molecule has 0 aliphatic carbocycles. The van der Waals surface area contributed by atoms with Gasteiger partial charge in [-0.05, 0) is 39.0 Å². The second-order valence-electron chi connectivity index (χ2n) is 6.85. The standard InChI is InChI=1S/C17H20N4O5/c1-9-18-14(21-26-9)10-5-6-13-11(7-10)19-15(22)12(8-24-13)20-16(23)25-17(2,3)4/h5-7,12H,8H2,1-4H3,(H,19,22)(H,20,23)/t12-/m0/s1. The van der Waals surface area contributed by atoms with Gasteiger partial charge in [-0.15, -0.1) is 0 Å². The van der Waals surface area contributed by atoms with Crippen LogP contribution in [-0.2, 0) is 9.53 Å². The van der Waals surface area contributed by atoms with Gasteiger partial charge in [0.05, 0.1) is 5.69 Å². The number of rotatable bonds is 2. The van der Waals surface area contributed by atoms with Gasteiger partial charge in [-0.2, -0.15) is 4.98 Å². The van der Waals surface area contributed by atoms with Crippen LogP contribution in [0.25, 0.3) is 11.4 Å². The Kier molecular flexibility index (Phi) is 4.54. The minimum absolute atomic E-state index is 0.0151. The van der Waals surface area contributed by atoms with Crippen LogP contribution >= 0.6 is 0 Å². The summed E-state index contributed by atoms with van der Waals surface area (Å²) in [6, 6.07) is 4.27. The highest BCUT2D eigenvalue weighted by Crippen LogP contribution is 2.31. The fourth-order valence-corrected chi connectivity index (χ4v) is 2.33. The van der Waals surface area contributed by atoms with E-state index in [0.717, 1.165) is 0 Å². The first kappa shape index (κ1) is 17.7.